The molecule has 3 aromatic rings. The molecule has 0 aliphatic carbocycles. The molecule has 0 saturated carbocycles. The van der Waals surface area contributed by atoms with Crippen LogP contribution in [0.15, 0.2) is 54.0 Å². The molecule has 2 aromatic heterocycles. The van der Waals surface area contributed by atoms with E-state index in [1.54, 1.807) is 11.3 Å². The minimum Gasteiger partial charge on any atom is -0.342 e. The first-order valence-electron chi connectivity index (χ1n) is 8.70. The van der Waals surface area contributed by atoms with Crippen LogP contribution in [0.2, 0.25) is 0 Å². The SMILES string of the molecule is O=C(Cc1cccs1)N1CCCC(c2[nH]ncc2-c2ccccc2)C1. The molecule has 25 heavy (non-hydrogen) atoms. The van der Waals surface area contributed by atoms with Crippen molar-refractivity contribution >= 4 is 17.2 Å². The first kappa shape index (κ1) is 16.1. The lowest BCUT2D eigenvalue weighted by molar-refractivity contribution is -0.131. The molecule has 1 aliphatic rings. The summed E-state index contributed by atoms with van der Waals surface area (Å²) < 4.78 is 0. The molecule has 1 aromatic carbocycles. The van der Waals surface area contributed by atoms with Gasteiger partial charge in [0.15, 0.2) is 0 Å². The molecular formula is C20H21N3OS. The molecule has 1 fully saturated rings. The van der Waals surface area contributed by atoms with Crippen molar-refractivity contribution in [1.82, 2.24) is 15.1 Å². The zero-order chi connectivity index (χ0) is 17.1. The van der Waals surface area contributed by atoms with Crippen LogP contribution in [0, 0.1) is 0 Å². The number of likely N-dealkylation sites (tertiary alicyclic amines) is 1. The van der Waals surface area contributed by atoms with Gasteiger partial charge in [-0.25, -0.2) is 0 Å². The number of hydrogen-bond acceptors (Lipinski definition) is 3. The second kappa shape index (κ2) is 7.23. The molecule has 1 amide bonds. The zero-order valence-corrected chi connectivity index (χ0v) is 14.8. The summed E-state index contributed by atoms with van der Waals surface area (Å²) in [6.45, 7) is 1.63. The topological polar surface area (TPSA) is 49.0 Å². The largest absolute Gasteiger partial charge is 0.342 e. The van der Waals surface area contributed by atoms with Crippen LogP contribution in [0.25, 0.3) is 11.1 Å². The highest BCUT2D eigenvalue weighted by atomic mass is 32.1. The van der Waals surface area contributed by atoms with Gasteiger partial charge in [0.2, 0.25) is 5.91 Å². The molecule has 128 valence electrons. The number of carbonyl (C=O) groups excluding carboxylic acids is 1. The molecule has 5 heteroatoms. The maximum atomic E-state index is 12.6. The van der Waals surface area contributed by atoms with Crippen molar-refractivity contribution < 1.29 is 4.79 Å². The van der Waals surface area contributed by atoms with Crippen molar-refractivity contribution in [3.05, 3.63) is 64.6 Å². The summed E-state index contributed by atoms with van der Waals surface area (Å²) in [6.07, 6.45) is 4.54. The van der Waals surface area contributed by atoms with Crippen molar-refractivity contribution in [2.24, 2.45) is 0 Å². The molecular weight excluding hydrogens is 330 g/mol. The van der Waals surface area contributed by atoms with Crippen LogP contribution >= 0.6 is 11.3 Å². The van der Waals surface area contributed by atoms with Crippen LogP contribution in [0.5, 0.6) is 0 Å². The van der Waals surface area contributed by atoms with Gasteiger partial charge in [0.25, 0.3) is 0 Å². The van der Waals surface area contributed by atoms with Gasteiger partial charge in [0.05, 0.1) is 12.6 Å². The van der Waals surface area contributed by atoms with E-state index in [2.05, 4.69) is 22.3 Å². The first-order valence-corrected chi connectivity index (χ1v) is 9.58. The van der Waals surface area contributed by atoms with E-state index in [-0.39, 0.29) is 5.91 Å². The van der Waals surface area contributed by atoms with Gasteiger partial charge >= 0.3 is 0 Å². The van der Waals surface area contributed by atoms with Crippen molar-refractivity contribution in [3.8, 4) is 11.1 Å². The smallest absolute Gasteiger partial charge is 0.227 e. The molecule has 1 saturated heterocycles. The van der Waals surface area contributed by atoms with E-state index in [1.165, 1.54) is 5.56 Å². The van der Waals surface area contributed by atoms with Crippen LogP contribution in [0.3, 0.4) is 0 Å². The summed E-state index contributed by atoms with van der Waals surface area (Å²) in [4.78, 5) is 15.8. The zero-order valence-electron chi connectivity index (χ0n) is 14.0. The van der Waals surface area contributed by atoms with Gasteiger partial charge < -0.3 is 4.90 Å². The summed E-state index contributed by atoms with van der Waals surface area (Å²) >= 11 is 1.65. The molecule has 0 bridgehead atoms. The number of thiophene rings is 1. The third-order valence-corrected chi connectivity index (χ3v) is 5.72. The normalized spacial score (nSPS) is 17.6. The lowest BCUT2D eigenvalue weighted by Gasteiger charge is -2.32. The highest BCUT2D eigenvalue weighted by Gasteiger charge is 2.27. The van der Waals surface area contributed by atoms with E-state index in [9.17, 15) is 4.79 Å². The van der Waals surface area contributed by atoms with Crippen LogP contribution in [0.1, 0.15) is 29.3 Å². The van der Waals surface area contributed by atoms with Gasteiger partial charge in [-0.15, -0.1) is 11.3 Å². The molecule has 4 nitrogen and oxygen atoms in total. The Balaban J connectivity index is 1.50. The van der Waals surface area contributed by atoms with Crippen molar-refractivity contribution in [1.29, 1.82) is 0 Å². The molecule has 1 N–H and O–H groups in total. The number of carbonyl (C=O) groups is 1. The number of aromatic nitrogens is 2. The summed E-state index contributed by atoms with van der Waals surface area (Å²) in [5.74, 6) is 0.548. The molecule has 1 aliphatic heterocycles. The molecule has 1 atom stereocenters. The Labute approximate surface area is 151 Å². The van der Waals surface area contributed by atoms with Crippen LogP contribution in [-0.4, -0.2) is 34.1 Å². The standard InChI is InChI=1S/C20H21N3OS/c24-19(12-17-9-5-11-25-17)23-10-4-8-16(14-23)20-18(13-21-22-20)15-6-2-1-3-7-15/h1-3,5-7,9,11,13,16H,4,8,10,12,14H2,(H,21,22). The Bertz CT molecular complexity index is 826. The molecule has 4 rings (SSSR count). The Morgan fingerprint density at radius 3 is 2.92 bits per heavy atom. The molecule has 3 heterocycles. The minimum atomic E-state index is 0.230. The average molecular weight is 351 g/mol. The number of rotatable bonds is 4. The van der Waals surface area contributed by atoms with Crippen molar-refractivity contribution in [2.75, 3.05) is 13.1 Å². The number of aromatic amines is 1. The fraction of sp³-hybridized carbons (Fsp3) is 0.300. The number of piperidine rings is 1. The fourth-order valence-electron chi connectivity index (χ4n) is 3.57. The summed E-state index contributed by atoms with van der Waals surface area (Å²) in [5.41, 5.74) is 3.48. The van der Waals surface area contributed by atoms with Gasteiger partial charge in [0, 0.05) is 35.1 Å². The van der Waals surface area contributed by atoms with E-state index >= 15 is 0 Å². The predicted octanol–water partition coefficient (Wildman–Crippen LogP) is 4.09. The number of amides is 1. The van der Waals surface area contributed by atoms with Gasteiger partial charge in [-0.3, -0.25) is 9.89 Å². The second-order valence-electron chi connectivity index (χ2n) is 6.50. The van der Waals surface area contributed by atoms with E-state index in [0.717, 1.165) is 42.1 Å². The van der Waals surface area contributed by atoms with E-state index in [1.807, 2.05) is 46.8 Å². The highest BCUT2D eigenvalue weighted by Crippen LogP contribution is 2.33. The van der Waals surface area contributed by atoms with Crippen LogP contribution in [-0.2, 0) is 11.2 Å². The maximum Gasteiger partial charge on any atom is 0.227 e. The lowest BCUT2D eigenvalue weighted by Crippen LogP contribution is -2.40. The van der Waals surface area contributed by atoms with Crippen molar-refractivity contribution in [2.45, 2.75) is 25.2 Å². The third-order valence-electron chi connectivity index (χ3n) is 4.84. The number of hydrogen-bond donors (Lipinski definition) is 1. The highest BCUT2D eigenvalue weighted by molar-refractivity contribution is 7.10. The third kappa shape index (κ3) is 3.51. The Hall–Kier alpha value is -2.40. The average Bonchev–Trinajstić information content (AvgIpc) is 3.34. The number of benzene rings is 1. The number of nitrogens with one attached hydrogen (secondary N) is 1. The minimum absolute atomic E-state index is 0.230. The molecule has 0 spiro atoms. The van der Waals surface area contributed by atoms with Gasteiger partial charge in [-0.2, -0.15) is 5.10 Å². The van der Waals surface area contributed by atoms with Crippen LogP contribution in [0.4, 0.5) is 0 Å². The Morgan fingerprint density at radius 1 is 1.24 bits per heavy atom. The fourth-order valence-corrected chi connectivity index (χ4v) is 4.26. The number of H-pyrrole nitrogens is 1. The molecule has 1 unspecified atom stereocenters. The maximum absolute atomic E-state index is 12.6. The Kier molecular flexibility index (Phi) is 4.65. The van der Waals surface area contributed by atoms with Crippen molar-refractivity contribution in [3.63, 3.8) is 0 Å². The van der Waals surface area contributed by atoms with Gasteiger partial charge in [0.1, 0.15) is 0 Å². The summed E-state index contributed by atoms with van der Waals surface area (Å²) in [6, 6.07) is 14.4. The lowest BCUT2D eigenvalue weighted by atomic mass is 9.90. The van der Waals surface area contributed by atoms with E-state index in [0.29, 0.717) is 12.3 Å². The number of nitrogens with zero attached hydrogens (tertiary/aromatic N) is 2. The van der Waals surface area contributed by atoms with E-state index in [4.69, 9.17) is 0 Å². The summed E-state index contributed by atoms with van der Waals surface area (Å²) in [5, 5.41) is 9.50. The second-order valence-corrected chi connectivity index (χ2v) is 7.53. The molecule has 0 radical (unpaired) electrons. The Morgan fingerprint density at radius 2 is 2.12 bits per heavy atom. The van der Waals surface area contributed by atoms with Gasteiger partial charge in [-0.05, 0) is 29.9 Å². The van der Waals surface area contributed by atoms with Gasteiger partial charge in [-0.1, -0.05) is 36.4 Å². The quantitative estimate of drug-likeness (QED) is 0.770. The predicted molar refractivity (Wildman–Crippen MR) is 101 cm³/mol. The summed E-state index contributed by atoms with van der Waals surface area (Å²) in [7, 11) is 0. The van der Waals surface area contributed by atoms with E-state index < -0.39 is 0 Å². The monoisotopic (exact) mass is 351 g/mol. The first-order chi connectivity index (χ1) is 12.3. The van der Waals surface area contributed by atoms with Crippen LogP contribution < -0.4 is 0 Å².